The van der Waals surface area contributed by atoms with Gasteiger partial charge in [-0.2, -0.15) is 0 Å². The lowest BCUT2D eigenvalue weighted by molar-refractivity contribution is 0.247. The molecule has 1 saturated carbocycles. The largest absolute Gasteiger partial charge is 0.324 e. The third-order valence-corrected chi connectivity index (χ3v) is 2.66. The molecule has 1 rings (SSSR count). The van der Waals surface area contributed by atoms with Crippen molar-refractivity contribution in [3.8, 4) is 0 Å². The molecule has 0 amide bonds. The predicted octanol–water partition coefficient (Wildman–Crippen LogP) is 1.07. The van der Waals surface area contributed by atoms with Crippen LogP contribution in [0.5, 0.6) is 0 Å². The van der Waals surface area contributed by atoms with Crippen LogP contribution in [0.1, 0.15) is 26.7 Å². The molecule has 0 bridgehead atoms. The number of hydrogen-bond acceptors (Lipinski definition) is 2. The van der Waals surface area contributed by atoms with Crippen LogP contribution in [0.3, 0.4) is 0 Å². The van der Waals surface area contributed by atoms with Gasteiger partial charge in [-0.25, -0.2) is 0 Å². The highest BCUT2D eigenvalue weighted by molar-refractivity contribution is 4.96. The molecule has 0 spiro atoms. The summed E-state index contributed by atoms with van der Waals surface area (Å²) in [5.41, 5.74) is 6.22. The van der Waals surface area contributed by atoms with Crippen LogP contribution in [0, 0.1) is 5.92 Å². The first-order valence-electron chi connectivity index (χ1n) is 4.53. The Balaban J connectivity index is 2.32. The maximum absolute atomic E-state index is 6.16. The molecule has 11 heavy (non-hydrogen) atoms. The monoisotopic (exact) mass is 156 g/mol. The summed E-state index contributed by atoms with van der Waals surface area (Å²) < 4.78 is 0. The maximum Gasteiger partial charge on any atom is 0.0283 e. The van der Waals surface area contributed by atoms with Crippen molar-refractivity contribution >= 4 is 0 Å². The SMILES string of the molecule is CCN(C)CC(C)(N)C1CC1. The first-order valence-corrected chi connectivity index (χ1v) is 4.53. The van der Waals surface area contributed by atoms with E-state index in [0.717, 1.165) is 19.0 Å². The lowest BCUT2D eigenvalue weighted by Crippen LogP contribution is -2.48. The fraction of sp³-hybridized carbons (Fsp3) is 1.00. The minimum absolute atomic E-state index is 0.0603. The molecule has 2 heteroatoms. The second kappa shape index (κ2) is 3.11. The minimum atomic E-state index is 0.0603. The maximum atomic E-state index is 6.16. The van der Waals surface area contributed by atoms with Gasteiger partial charge >= 0.3 is 0 Å². The van der Waals surface area contributed by atoms with Crippen LogP contribution in [0.2, 0.25) is 0 Å². The molecule has 0 heterocycles. The van der Waals surface area contributed by atoms with Crippen molar-refractivity contribution in [2.45, 2.75) is 32.2 Å². The molecule has 1 fully saturated rings. The van der Waals surface area contributed by atoms with Crippen molar-refractivity contribution in [2.75, 3.05) is 20.1 Å². The number of rotatable bonds is 4. The van der Waals surface area contributed by atoms with Gasteiger partial charge in [0.1, 0.15) is 0 Å². The molecule has 0 saturated heterocycles. The van der Waals surface area contributed by atoms with Gasteiger partial charge in [0.05, 0.1) is 0 Å². The van der Waals surface area contributed by atoms with Crippen molar-refractivity contribution in [1.29, 1.82) is 0 Å². The lowest BCUT2D eigenvalue weighted by Gasteiger charge is -2.29. The van der Waals surface area contributed by atoms with Crippen LogP contribution in [0.25, 0.3) is 0 Å². The third-order valence-electron chi connectivity index (χ3n) is 2.66. The zero-order valence-electron chi connectivity index (χ0n) is 7.93. The zero-order valence-corrected chi connectivity index (χ0v) is 7.93. The van der Waals surface area contributed by atoms with Crippen molar-refractivity contribution in [1.82, 2.24) is 4.90 Å². The number of nitrogens with zero attached hydrogens (tertiary/aromatic N) is 1. The van der Waals surface area contributed by atoms with Crippen LogP contribution < -0.4 is 5.73 Å². The van der Waals surface area contributed by atoms with E-state index in [9.17, 15) is 0 Å². The summed E-state index contributed by atoms with van der Waals surface area (Å²) in [7, 11) is 2.13. The van der Waals surface area contributed by atoms with E-state index in [0.29, 0.717) is 0 Å². The van der Waals surface area contributed by atoms with E-state index < -0.39 is 0 Å². The Morgan fingerprint density at radius 1 is 1.55 bits per heavy atom. The smallest absolute Gasteiger partial charge is 0.0283 e. The van der Waals surface area contributed by atoms with Gasteiger partial charge < -0.3 is 10.6 Å². The molecule has 1 unspecified atom stereocenters. The first-order chi connectivity index (χ1) is 5.06. The van der Waals surface area contributed by atoms with Crippen LogP contribution in [0.15, 0.2) is 0 Å². The molecule has 0 aromatic carbocycles. The van der Waals surface area contributed by atoms with E-state index >= 15 is 0 Å². The topological polar surface area (TPSA) is 29.3 Å². The molecule has 0 radical (unpaired) electrons. The van der Waals surface area contributed by atoms with Gasteiger partial charge in [-0.15, -0.1) is 0 Å². The Labute approximate surface area is 69.8 Å². The van der Waals surface area contributed by atoms with Gasteiger partial charge in [-0.3, -0.25) is 0 Å². The standard InChI is InChI=1S/C9H20N2/c1-4-11(3)7-9(2,10)8-5-6-8/h8H,4-7,10H2,1-3H3. The molecule has 1 aliphatic rings. The van der Waals surface area contributed by atoms with Gasteiger partial charge in [-0.05, 0) is 39.3 Å². The highest BCUT2D eigenvalue weighted by atomic mass is 15.1. The Hall–Kier alpha value is -0.0800. The molecule has 1 atom stereocenters. The molecular weight excluding hydrogens is 136 g/mol. The summed E-state index contributed by atoms with van der Waals surface area (Å²) >= 11 is 0. The molecule has 0 aliphatic heterocycles. The molecule has 1 aliphatic carbocycles. The van der Waals surface area contributed by atoms with Gasteiger partial charge in [-0.1, -0.05) is 6.92 Å². The van der Waals surface area contributed by atoms with Crippen molar-refractivity contribution in [3.05, 3.63) is 0 Å². The Bertz CT molecular complexity index is 128. The minimum Gasteiger partial charge on any atom is -0.324 e. The lowest BCUT2D eigenvalue weighted by atomic mass is 9.97. The summed E-state index contributed by atoms with van der Waals surface area (Å²) in [6.45, 7) is 6.48. The van der Waals surface area contributed by atoms with Crippen molar-refractivity contribution in [2.24, 2.45) is 11.7 Å². The normalized spacial score (nSPS) is 23.7. The van der Waals surface area contributed by atoms with Gasteiger partial charge in [0.25, 0.3) is 0 Å². The zero-order chi connectivity index (χ0) is 8.48. The second-order valence-corrected chi connectivity index (χ2v) is 4.11. The Morgan fingerprint density at radius 2 is 2.09 bits per heavy atom. The van der Waals surface area contributed by atoms with Crippen LogP contribution in [-0.2, 0) is 0 Å². The van der Waals surface area contributed by atoms with E-state index in [2.05, 4.69) is 25.8 Å². The second-order valence-electron chi connectivity index (χ2n) is 4.11. The van der Waals surface area contributed by atoms with Crippen LogP contribution in [0.4, 0.5) is 0 Å². The van der Waals surface area contributed by atoms with Crippen molar-refractivity contribution < 1.29 is 0 Å². The third kappa shape index (κ3) is 2.46. The Kier molecular flexibility index (Phi) is 2.55. The summed E-state index contributed by atoms with van der Waals surface area (Å²) in [5, 5.41) is 0. The van der Waals surface area contributed by atoms with Gasteiger partial charge in [0, 0.05) is 12.1 Å². The summed E-state index contributed by atoms with van der Waals surface area (Å²) in [5.74, 6) is 0.788. The average molecular weight is 156 g/mol. The quantitative estimate of drug-likeness (QED) is 0.659. The van der Waals surface area contributed by atoms with Crippen LogP contribution >= 0.6 is 0 Å². The highest BCUT2D eigenvalue weighted by Crippen LogP contribution is 2.38. The molecule has 2 N–H and O–H groups in total. The molecular formula is C9H20N2. The van der Waals surface area contributed by atoms with Gasteiger partial charge in [0.15, 0.2) is 0 Å². The van der Waals surface area contributed by atoms with E-state index in [1.165, 1.54) is 12.8 Å². The first kappa shape index (κ1) is 9.01. The fourth-order valence-electron chi connectivity index (χ4n) is 1.57. The predicted molar refractivity (Wildman–Crippen MR) is 48.5 cm³/mol. The number of nitrogens with two attached hydrogens (primary N) is 1. The molecule has 66 valence electrons. The Morgan fingerprint density at radius 3 is 2.45 bits per heavy atom. The fourth-order valence-corrected chi connectivity index (χ4v) is 1.57. The average Bonchev–Trinajstić information content (AvgIpc) is 2.66. The van der Waals surface area contributed by atoms with Gasteiger partial charge in [0.2, 0.25) is 0 Å². The molecule has 0 aromatic rings. The van der Waals surface area contributed by atoms with Crippen molar-refractivity contribution in [3.63, 3.8) is 0 Å². The number of hydrogen-bond donors (Lipinski definition) is 1. The van der Waals surface area contributed by atoms with E-state index in [1.807, 2.05) is 0 Å². The van der Waals surface area contributed by atoms with E-state index in [1.54, 1.807) is 0 Å². The van der Waals surface area contributed by atoms with Crippen LogP contribution in [-0.4, -0.2) is 30.6 Å². The summed E-state index contributed by atoms with van der Waals surface area (Å²) in [6.07, 6.45) is 2.68. The highest BCUT2D eigenvalue weighted by Gasteiger charge is 2.38. The number of likely N-dealkylation sites (N-methyl/N-ethyl adjacent to an activating group) is 1. The molecule has 2 nitrogen and oxygen atoms in total. The molecule has 0 aromatic heterocycles. The van der Waals surface area contributed by atoms with E-state index in [-0.39, 0.29) is 5.54 Å². The summed E-state index contributed by atoms with van der Waals surface area (Å²) in [6, 6.07) is 0. The van der Waals surface area contributed by atoms with E-state index in [4.69, 9.17) is 5.73 Å². The summed E-state index contributed by atoms with van der Waals surface area (Å²) in [4.78, 5) is 2.29.